The average Bonchev–Trinajstić information content (AvgIpc) is 3.39. The molecule has 2 aliphatic heterocycles. The summed E-state index contributed by atoms with van der Waals surface area (Å²) in [4.78, 5) is 32.2. The number of likely N-dealkylation sites (tertiary alicyclic amines) is 1. The number of aromatic nitrogens is 1. The van der Waals surface area contributed by atoms with Gasteiger partial charge >= 0.3 is 10.2 Å². The smallest absolute Gasteiger partial charge is 0.310 e. The zero-order valence-corrected chi connectivity index (χ0v) is 23.9. The van der Waals surface area contributed by atoms with Crippen LogP contribution in [0.2, 0.25) is 0 Å². The highest BCUT2D eigenvalue weighted by Gasteiger charge is 2.65. The molecule has 1 aromatic carbocycles. The standard InChI is InChI=1S/C27H33F5N6O3S/c1-18(23-7-3-4-13-35-23)36-26(39)25(19-6-5-12-34-15-19)38(27(40)24-14-21(41-2)16-37(24)17-33)20-8-10-22(11-9-20)42(28,29,30,31)32/h5-6,8-12,15,18,21,23-25,35H,3-4,7,13-14,16H2,1-2H3,(H,36,39)/t18?,21-,23?,24-,25?/m1/s1. The molecule has 2 aromatic rings. The molecule has 5 atom stereocenters. The van der Waals surface area contributed by atoms with Crippen LogP contribution in [0.3, 0.4) is 0 Å². The number of anilines is 1. The normalized spacial score (nSPS) is 24.0. The molecule has 2 fully saturated rings. The van der Waals surface area contributed by atoms with Crippen molar-refractivity contribution in [3.8, 4) is 6.19 Å². The van der Waals surface area contributed by atoms with Crippen molar-refractivity contribution in [2.75, 3.05) is 25.1 Å². The van der Waals surface area contributed by atoms with Gasteiger partial charge in [0, 0.05) is 49.3 Å². The fraction of sp³-hybridized carbons (Fsp3) is 0.481. The van der Waals surface area contributed by atoms with E-state index in [4.69, 9.17) is 4.74 Å². The number of rotatable bonds is 9. The summed E-state index contributed by atoms with van der Waals surface area (Å²) >= 11 is 0. The summed E-state index contributed by atoms with van der Waals surface area (Å²) in [6.45, 7) is 2.65. The number of nitrogens with zero attached hydrogens (tertiary/aromatic N) is 4. The summed E-state index contributed by atoms with van der Waals surface area (Å²) < 4.78 is 72.9. The Morgan fingerprint density at radius 2 is 1.90 bits per heavy atom. The molecule has 2 N–H and O–H groups in total. The molecule has 0 radical (unpaired) electrons. The number of piperidine rings is 1. The monoisotopic (exact) mass is 616 g/mol. The van der Waals surface area contributed by atoms with E-state index in [0.717, 1.165) is 42.8 Å². The highest BCUT2D eigenvalue weighted by molar-refractivity contribution is 8.45. The van der Waals surface area contributed by atoms with E-state index in [1.807, 2.05) is 6.19 Å². The van der Waals surface area contributed by atoms with E-state index < -0.39 is 45.1 Å². The number of nitriles is 1. The summed E-state index contributed by atoms with van der Waals surface area (Å²) in [6.07, 6.45) is 7.02. The van der Waals surface area contributed by atoms with Crippen LogP contribution in [0.1, 0.15) is 44.2 Å². The van der Waals surface area contributed by atoms with Crippen LogP contribution in [0.4, 0.5) is 25.1 Å². The zero-order chi connectivity index (χ0) is 30.8. The van der Waals surface area contributed by atoms with E-state index in [1.165, 1.54) is 36.5 Å². The van der Waals surface area contributed by atoms with Gasteiger partial charge in [-0.15, -0.1) is 0 Å². The van der Waals surface area contributed by atoms with E-state index in [1.54, 1.807) is 6.92 Å². The minimum Gasteiger partial charge on any atom is -0.379 e. The molecule has 2 saturated heterocycles. The SMILES string of the molecule is CO[C@@H]1C[C@H](C(=O)N(c2ccc(S(F)(F)(F)(F)F)cc2)C(C(=O)NC(C)C2CCCCN2)c2cccnc2)N(C#N)C1. The van der Waals surface area contributed by atoms with Gasteiger partial charge in [0.25, 0.3) is 5.91 Å². The van der Waals surface area contributed by atoms with Crippen molar-refractivity contribution in [1.82, 2.24) is 20.5 Å². The second-order valence-electron chi connectivity index (χ2n) is 10.6. The number of ether oxygens (including phenoxy) is 1. The number of halogens is 5. The number of hydrogen-bond acceptors (Lipinski definition) is 7. The van der Waals surface area contributed by atoms with Crippen molar-refractivity contribution in [2.24, 2.45) is 0 Å². The first-order chi connectivity index (χ1) is 19.6. The predicted molar refractivity (Wildman–Crippen MR) is 147 cm³/mol. The van der Waals surface area contributed by atoms with Crippen LogP contribution >= 0.6 is 10.2 Å². The zero-order valence-electron chi connectivity index (χ0n) is 23.1. The van der Waals surface area contributed by atoms with Crippen LogP contribution in [0.15, 0.2) is 53.7 Å². The van der Waals surface area contributed by atoms with Crippen molar-refractivity contribution in [3.05, 3.63) is 54.4 Å². The number of nitrogens with one attached hydrogen (secondary N) is 2. The second kappa shape index (κ2) is 11.3. The molecule has 3 unspecified atom stereocenters. The summed E-state index contributed by atoms with van der Waals surface area (Å²) in [5.41, 5.74) is -0.00876. The minimum absolute atomic E-state index is 0.0513. The van der Waals surface area contributed by atoms with Gasteiger partial charge in [0.15, 0.2) is 6.19 Å². The maximum absolute atomic E-state index is 14.2. The van der Waals surface area contributed by atoms with Crippen LogP contribution < -0.4 is 15.5 Å². The lowest BCUT2D eigenvalue weighted by molar-refractivity contribution is -0.128. The second-order valence-corrected chi connectivity index (χ2v) is 13.0. The lowest BCUT2D eigenvalue weighted by Gasteiger charge is -2.41. The van der Waals surface area contributed by atoms with Gasteiger partial charge in [-0.25, -0.2) is 0 Å². The Hall–Kier alpha value is -3.48. The third kappa shape index (κ3) is 7.11. The number of methoxy groups -OCH3 is 1. The molecule has 3 heterocycles. The molecule has 4 rings (SSSR count). The van der Waals surface area contributed by atoms with Crippen molar-refractivity contribution >= 4 is 27.7 Å². The van der Waals surface area contributed by atoms with Crippen molar-refractivity contribution in [2.45, 2.75) is 67.8 Å². The summed E-state index contributed by atoms with van der Waals surface area (Å²) in [7, 11) is -8.61. The van der Waals surface area contributed by atoms with Crippen LogP contribution in [-0.2, 0) is 14.3 Å². The Bertz CT molecular complexity index is 1320. The number of hydrogen-bond donors (Lipinski definition) is 2. The predicted octanol–water partition coefficient (Wildman–Crippen LogP) is 5.03. The van der Waals surface area contributed by atoms with Crippen LogP contribution in [0.25, 0.3) is 0 Å². The Kier molecular flexibility index (Phi) is 8.47. The molecule has 0 aliphatic carbocycles. The number of carbonyl (C=O) groups excluding carboxylic acids is 2. The van der Waals surface area contributed by atoms with Crippen molar-refractivity contribution < 1.29 is 33.8 Å². The first-order valence-corrected chi connectivity index (χ1v) is 15.4. The lowest BCUT2D eigenvalue weighted by atomic mass is 9.97. The van der Waals surface area contributed by atoms with Gasteiger partial charge in [0.05, 0.1) is 12.6 Å². The van der Waals surface area contributed by atoms with Gasteiger partial charge in [-0.2, -0.15) is 5.26 Å². The average molecular weight is 617 g/mol. The van der Waals surface area contributed by atoms with E-state index in [0.29, 0.717) is 0 Å². The first-order valence-electron chi connectivity index (χ1n) is 13.4. The van der Waals surface area contributed by atoms with Crippen molar-refractivity contribution in [1.29, 1.82) is 5.26 Å². The van der Waals surface area contributed by atoms with Crippen LogP contribution in [0.5, 0.6) is 0 Å². The van der Waals surface area contributed by atoms with Gasteiger partial charge in [-0.3, -0.25) is 24.4 Å². The van der Waals surface area contributed by atoms with Crippen LogP contribution in [0, 0.1) is 11.5 Å². The molecule has 1 aromatic heterocycles. The molecule has 42 heavy (non-hydrogen) atoms. The van der Waals surface area contributed by atoms with Gasteiger partial charge in [-0.05, 0) is 56.6 Å². The molecule has 9 nitrogen and oxygen atoms in total. The quantitative estimate of drug-likeness (QED) is 0.300. The number of pyridine rings is 1. The molecule has 230 valence electrons. The molecule has 0 saturated carbocycles. The molecule has 0 spiro atoms. The minimum atomic E-state index is -10.0. The largest absolute Gasteiger partial charge is 0.379 e. The molecular weight excluding hydrogens is 583 g/mol. The highest BCUT2D eigenvalue weighted by atomic mass is 32.5. The van der Waals surface area contributed by atoms with E-state index in [-0.39, 0.29) is 48.4 Å². The topological polar surface area (TPSA) is 111 Å². The Balaban J connectivity index is 1.80. The third-order valence-corrected chi connectivity index (χ3v) is 8.80. The van der Waals surface area contributed by atoms with Gasteiger partial charge in [0.2, 0.25) is 5.91 Å². The van der Waals surface area contributed by atoms with E-state index in [9.17, 15) is 34.3 Å². The summed E-state index contributed by atoms with van der Waals surface area (Å²) in [6, 6.07) is 1.88. The maximum Gasteiger partial charge on any atom is 0.310 e. The van der Waals surface area contributed by atoms with E-state index in [2.05, 4.69) is 15.6 Å². The van der Waals surface area contributed by atoms with Gasteiger partial charge in [0.1, 0.15) is 17.0 Å². The molecule has 15 heteroatoms. The van der Waals surface area contributed by atoms with Gasteiger partial charge < -0.3 is 15.4 Å². The lowest BCUT2D eigenvalue weighted by Crippen LogP contribution is -2.55. The Labute approximate surface area is 240 Å². The Morgan fingerprint density at radius 1 is 1.19 bits per heavy atom. The number of amides is 2. The fourth-order valence-corrected chi connectivity index (χ4v) is 6.06. The molecule has 2 aliphatic rings. The highest BCUT2D eigenvalue weighted by Crippen LogP contribution is 3.02. The number of carbonyl (C=O) groups is 2. The Morgan fingerprint density at radius 3 is 2.45 bits per heavy atom. The van der Waals surface area contributed by atoms with E-state index >= 15 is 0 Å². The number of benzene rings is 1. The third-order valence-electron chi connectivity index (χ3n) is 7.64. The summed E-state index contributed by atoms with van der Waals surface area (Å²) in [5.74, 6) is -1.44. The van der Waals surface area contributed by atoms with Crippen molar-refractivity contribution in [3.63, 3.8) is 0 Å². The van der Waals surface area contributed by atoms with Crippen LogP contribution in [-0.4, -0.2) is 66.1 Å². The molecule has 0 bridgehead atoms. The first kappa shape index (κ1) is 31.5. The fourth-order valence-electron chi connectivity index (χ4n) is 5.41. The molecule has 2 amide bonds. The maximum atomic E-state index is 14.2. The van der Waals surface area contributed by atoms with Gasteiger partial charge in [-0.1, -0.05) is 31.9 Å². The molecular formula is C27H33F5N6O3S. The summed E-state index contributed by atoms with van der Waals surface area (Å²) in [5, 5.41) is 16.0.